The van der Waals surface area contributed by atoms with Gasteiger partial charge in [-0.05, 0) is 68.4 Å². The highest BCUT2D eigenvalue weighted by molar-refractivity contribution is 6.30. The molecule has 19 heavy (non-hydrogen) atoms. The van der Waals surface area contributed by atoms with E-state index < -0.39 is 0 Å². The molecule has 0 spiro atoms. The van der Waals surface area contributed by atoms with Crippen LogP contribution in [0.3, 0.4) is 0 Å². The highest BCUT2D eigenvalue weighted by Crippen LogP contribution is 2.29. The van der Waals surface area contributed by atoms with E-state index in [1.807, 2.05) is 12.1 Å². The van der Waals surface area contributed by atoms with Crippen molar-refractivity contribution in [1.29, 1.82) is 0 Å². The van der Waals surface area contributed by atoms with Gasteiger partial charge in [-0.2, -0.15) is 0 Å². The van der Waals surface area contributed by atoms with Crippen molar-refractivity contribution in [2.45, 2.75) is 25.2 Å². The van der Waals surface area contributed by atoms with E-state index in [-0.39, 0.29) is 0 Å². The van der Waals surface area contributed by atoms with Crippen LogP contribution >= 0.6 is 11.6 Å². The maximum absolute atomic E-state index is 5.96. The standard InChI is InChI=1S/C16H23ClN2/c17-16-3-1-14(2-4-16)15-7-10-19(12-15)11-13-5-8-18-9-6-13/h1-4,13,15,18H,5-12H2. The molecule has 1 N–H and O–H groups in total. The molecule has 0 saturated carbocycles. The van der Waals surface area contributed by atoms with Gasteiger partial charge >= 0.3 is 0 Å². The lowest BCUT2D eigenvalue weighted by Gasteiger charge is -2.27. The lowest BCUT2D eigenvalue weighted by atomic mass is 9.97. The second-order valence-corrected chi connectivity index (χ2v) is 6.43. The summed E-state index contributed by atoms with van der Waals surface area (Å²) in [6.45, 7) is 6.20. The average Bonchev–Trinajstić information content (AvgIpc) is 2.89. The molecule has 2 aliphatic heterocycles. The Morgan fingerprint density at radius 2 is 1.84 bits per heavy atom. The maximum Gasteiger partial charge on any atom is 0.0406 e. The van der Waals surface area contributed by atoms with Gasteiger partial charge in [-0.15, -0.1) is 0 Å². The van der Waals surface area contributed by atoms with Gasteiger partial charge in [0.25, 0.3) is 0 Å². The number of hydrogen-bond donors (Lipinski definition) is 1. The Morgan fingerprint density at radius 1 is 1.11 bits per heavy atom. The van der Waals surface area contributed by atoms with Crippen LogP contribution in [-0.4, -0.2) is 37.6 Å². The molecule has 0 amide bonds. The van der Waals surface area contributed by atoms with E-state index >= 15 is 0 Å². The van der Waals surface area contributed by atoms with Crippen LogP contribution in [0.2, 0.25) is 5.02 Å². The molecule has 0 aliphatic carbocycles. The predicted octanol–water partition coefficient (Wildman–Crippen LogP) is 3.13. The number of nitrogens with one attached hydrogen (secondary N) is 1. The van der Waals surface area contributed by atoms with Crippen LogP contribution in [0.1, 0.15) is 30.7 Å². The zero-order chi connectivity index (χ0) is 13.1. The highest BCUT2D eigenvalue weighted by Gasteiger charge is 2.26. The molecule has 1 atom stereocenters. The predicted molar refractivity (Wildman–Crippen MR) is 80.8 cm³/mol. The number of likely N-dealkylation sites (tertiary alicyclic amines) is 1. The fourth-order valence-electron chi connectivity index (χ4n) is 3.43. The van der Waals surface area contributed by atoms with Gasteiger partial charge in [0.15, 0.2) is 0 Å². The Bertz CT molecular complexity index is 398. The molecule has 3 heteroatoms. The second kappa shape index (κ2) is 6.25. The molecule has 0 aromatic heterocycles. The summed E-state index contributed by atoms with van der Waals surface area (Å²) in [5.74, 6) is 1.62. The van der Waals surface area contributed by atoms with Crippen molar-refractivity contribution in [3.8, 4) is 0 Å². The van der Waals surface area contributed by atoms with Gasteiger partial charge in [-0.3, -0.25) is 0 Å². The third-order valence-electron chi connectivity index (χ3n) is 4.59. The maximum atomic E-state index is 5.96. The minimum atomic E-state index is 0.707. The number of nitrogens with zero attached hydrogens (tertiary/aromatic N) is 1. The van der Waals surface area contributed by atoms with E-state index in [0.29, 0.717) is 5.92 Å². The van der Waals surface area contributed by atoms with Crippen molar-refractivity contribution >= 4 is 11.6 Å². The third-order valence-corrected chi connectivity index (χ3v) is 4.84. The zero-order valence-electron chi connectivity index (χ0n) is 11.4. The van der Waals surface area contributed by atoms with Gasteiger partial charge in [0.05, 0.1) is 0 Å². The molecule has 1 unspecified atom stereocenters. The summed E-state index contributed by atoms with van der Waals surface area (Å²) in [4.78, 5) is 2.66. The lowest BCUT2D eigenvalue weighted by molar-refractivity contribution is 0.239. The first-order valence-electron chi connectivity index (χ1n) is 7.50. The molecule has 0 radical (unpaired) electrons. The second-order valence-electron chi connectivity index (χ2n) is 5.99. The Hall–Kier alpha value is -0.570. The molecular weight excluding hydrogens is 256 g/mol. The first-order chi connectivity index (χ1) is 9.31. The molecule has 2 fully saturated rings. The Labute approximate surface area is 121 Å². The summed E-state index contributed by atoms with van der Waals surface area (Å²) >= 11 is 5.96. The largest absolute Gasteiger partial charge is 0.317 e. The average molecular weight is 279 g/mol. The van der Waals surface area contributed by atoms with E-state index in [9.17, 15) is 0 Å². The number of piperidine rings is 1. The van der Waals surface area contributed by atoms with Crippen LogP contribution in [0.4, 0.5) is 0 Å². The molecule has 104 valence electrons. The third kappa shape index (κ3) is 3.50. The highest BCUT2D eigenvalue weighted by atomic mass is 35.5. The number of rotatable bonds is 3. The van der Waals surface area contributed by atoms with E-state index in [1.165, 1.54) is 57.5 Å². The fourth-order valence-corrected chi connectivity index (χ4v) is 3.56. The summed E-state index contributed by atoms with van der Waals surface area (Å²) in [5.41, 5.74) is 1.46. The van der Waals surface area contributed by atoms with Gasteiger partial charge in [-0.1, -0.05) is 23.7 Å². The first kappa shape index (κ1) is 13.4. The summed E-state index contributed by atoms with van der Waals surface area (Å²) in [7, 11) is 0. The van der Waals surface area contributed by atoms with Crippen molar-refractivity contribution in [2.24, 2.45) is 5.92 Å². The van der Waals surface area contributed by atoms with Crippen LogP contribution in [0.5, 0.6) is 0 Å². The van der Waals surface area contributed by atoms with Crippen molar-refractivity contribution in [1.82, 2.24) is 10.2 Å². The Balaban J connectivity index is 1.53. The van der Waals surface area contributed by atoms with Gasteiger partial charge in [0.2, 0.25) is 0 Å². The minimum Gasteiger partial charge on any atom is -0.317 e. The van der Waals surface area contributed by atoms with E-state index in [4.69, 9.17) is 11.6 Å². The number of hydrogen-bond acceptors (Lipinski definition) is 2. The van der Waals surface area contributed by atoms with Crippen LogP contribution in [-0.2, 0) is 0 Å². The summed E-state index contributed by atoms with van der Waals surface area (Å²) < 4.78 is 0. The van der Waals surface area contributed by atoms with Gasteiger partial charge in [-0.25, -0.2) is 0 Å². The first-order valence-corrected chi connectivity index (χ1v) is 7.87. The molecule has 2 saturated heterocycles. The normalized spacial score (nSPS) is 25.8. The fraction of sp³-hybridized carbons (Fsp3) is 0.625. The Kier molecular flexibility index (Phi) is 4.42. The van der Waals surface area contributed by atoms with Crippen LogP contribution in [0.15, 0.2) is 24.3 Å². The van der Waals surface area contributed by atoms with Gasteiger partial charge in [0.1, 0.15) is 0 Å². The van der Waals surface area contributed by atoms with Crippen molar-refractivity contribution < 1.29 is 0 Å². The molecule has 2 nitrogen and oxygen atoms in total. The topological polar surface area (TPSA) is 15.3 Å². The molecular formula is C16H23ClN2. The van der Waals surface area contributed by atoms with Crippen LogP contribution in [0, 0.1) is 5.92 Å². The van der Waals surface area contributed by atoms with E-state index in [0.717, 1.165) is 10.9 Å². The van der Waals surface area contributed by atoms with Crippen molar-refractivity contribution in [3.63, 3.8) is 0 Å². The smallest absolute Gasteiger partial charge is 0.0406 e. The monoisotopic (exact) mass is 278 g/mol. The lowest BCUT2D eigenvalue weighted by Crippen LogP contribution is -2.35. The quantitative estimate of drug-likeness (QED) is 0.914. The van der Waals surface area contributed by atoms with Crippen LogP contribution in [0.25, 0.3) is 0 Å². The van der Waals surface area contributed by atoms with Crippen molar-refractivity contribution in [2.75, 3.05) is 32.7 Å². The zero-order valence-corrected chi connectivity index (χ0v) is 12.2. The van der Waals surface area contributed by atoms with Crippen LogP contribution < -0.4 is 5.32 Å². The van der Waals surface area contributed by atoms with E-state index in [1.54, 1.807) is 0 Å². The molecule has 3 rings (SSSR count). The van der Waals surface area contributed by atoms with Crippen molar-refractivity contribution in [3.05, 3.63) is 34.9 Å². The molecule has 1 aromatic rings. The SMILES string of the molecule is Clc1ccc(C2CCN(CC3CCNCC3)C2)cc1. The summed E-state index contributed by atoms with van der Waals surface area (Å²) in [6.07, 6.45) is 4.00. The number of benzene rings is 1. The summed E-state index contributed by atoms with van der Waals surface area (Å²) in [6, 6.07) is 8.43. The van der Waals surface area contributed by atoms with Gasteiger partial charge in [0, 0.05) is 18.1 Å². The molecule has 2 aliphatic rings. The molecule has 1 aromatic carbocycles. The minimum absolute atomic E-state index is 0.707. The molecule has 0 bridgehead atoms. The Morgan fingerprint density at radius 3 is 2.58 bits per heavy atom. The molecule has 2 heterocycles. The summed E-state index contributed by atoms with van der Waals surface area (Å²) in [5, 5.41) is 4.29. The van der Waals surface area contributed by atoms with E-state index in [2.05, 4.69) is 22.3 Å². The number of halogens is 1. The van der Waals surface area contributed by atoms with Gasteiger partial charge < -0.3 is 10.2 Å².